The number of aromatic nitrogens is 2. The number of hydrogen-bond acceptors (Lipinski definition) is 2. The third kappa shape index (κ3) is 3.19. The summed E-state index contributed by atoms with van der Waals surface area (Å²) in [4.78, 5) is 0. The summed E-state index contributed by atoms with van der Waals surface area (Å²) in [6.07, 6.45) is 3.30. The average Bonchev–Trinajstić information content (AvgIpc) is 2.47. The maximum Gasteiger partial charge on any atom is 0.0978 e. The molecular weight excluding hydrogens is 164 g/mol. The molecule has 74 valence electrons. The summed E-state index contributed by atoms with van der Waals surface area (Å²) in [5, 5.41) is 13.9. The fourth-order valence-corrected chi connectivity index (χ4v) is 1.25. The molecule has 0 aliphatic heterocycles. The maximum absolute atomic E-state index is 9.71. The van der Waals surface area contributed by atoms with Crippen LogP contribution in [0.2, 0.25) is 0 Å². The highest BCUT2D eigenvalue weighted by atomic mass is 16.3. The molecule has 0 aliphatic rings. The molecule has 0 bridgehead atoms. The highest BCUT2D eigenvalue weighted by molar-refractivity contribution is 5.02. The molecule has 3 heteroatoms. The van der Waals surface area contributed by atoms with Gasteiger partial charge in [0.1, 0.15) is 0 Å². The van der Waals surface area contributed by atoms with Gasteiger partial charge in [-0.2, -0.15) is 5.10 Å². The minimum Gasteiger partial charge on any atom is -0.387 e. The van der Waals surface area contributed by atoms with Crippen LogP contribution in [0, 0.1) is 5.92 Å². The predicted molar refractivity (Wildman–Crippen MR) is 52.2 cm³/mol. The molecule has 1 unspecified atom stereocenters. The second kappa shape index (κ2) is 4.42. The van der Waals surface area contributed by atoms with Crippen LogP contribution in [0.1, 0.15) is 38.5 Å². The minimum absolute atomic E-state index is 0.399. The Morgan fingerprint density at radius 3 is 2.62 bits per heavy atom. The van der Waals surface area contributed by atoms with Crippen molar-refractivity contribution in [1.82, 2.24) is 9.78 Å². The Bertz CT molecular complexity index is 255. The Morgan fingerprint density at radius 1 is 1.46 bits per heavy atom. The van der Waals surface area contributed by atoms with Gasteiger partial charge in [0.2, 0.25) is 0 Å². The van der Waals surface area contributed by atoms with E-state index in [9.17, 15) is 5.11 Å². The van der Waals surface area contributed by atoms with E-state index in [0.29, 0.717) is 5.92 Å². The van der Waals surface area contributed by atoms with Gasteiger partial charge in [0, 0.05) is 13.2 Å². The molecule has 0 amide bonds. The average molecular weight is 182 g/mol. The first-order chi connectivity index (χ1) is 6.09. The Kier molecular flexibility index (Phi) is 3.48. The van der Waals surface area contributed by atoms with Crippen molar-refractivity contribution in [2.45, 2.75) is 32.8 Å². The van der Waals surface area contributed by atoms with Crippen LogP contribution in [0.5, 0.6) is 0 Å². The van der Waals surface area contributed by atoms with Gasteiger partial charge < -0.3 is 5.11 Å². The number of aryl methyl sites for hydroxylation is 1. The third-order valence-electron chi connectivity index (χ3n) is 2.09. The fraction of sp³-hybridized carbons (Fsp3) is 0.700. The van der Waals surface area contributed by atoms with E-state index in [2.05, 4.69) is 18.9 Å². The first-order valence-electron chi connectivity index (χ1n) is 4.77. The molecule has 0 aliphatic carbocycles. The summed E-state index contributed by atoms with van der Waals surface area (Å²) in [5.74, 6) is 0.637. The van der Waals surface area contributed by atoms with Gasteiger partial charge in [0.15, 0.2) is 0 Å². The van der Waals surface area contributed by atoms with Crippen molar-refractivity contribution in [2.24, 2.45) is 13.0 Å². The van der Waals surface area contributed by atoms with E-state index in [4.69, 9.17) is 0 Å². The molecule has 1 aromatic heterocycles. The standard InChI is InChI=1S/C10H18N2O/c1-8(2)4-5-10(13)9-6-7-12(3)11-9/h6-8,10,13H,4-5H2,1-3H3. The first-order valence-corrected chi connectivity index (χ1v) is 4.77. The molecule has 1 atom stereocenters. The van der Waals surface area contributed by atoms with Crippen LogP contribution in [0.3, 0.4) is 0 Å². The number of hydrogen-bond donors (Lipinski definition) is 1. The maximum atomic E-state index is 9.71. The Balaban J connectivity index is 2.44. The summed E-state index contributed by atoms with van der Waals surface area (Å²) < 4.78 is 1.72. The lowest BCUT2D eigenvalue weighted by molar-refractivity contribution is 0.154. The summed E-state index contributed by atoms with van der Waals surface area (Å²) in [6, 6.07) is 1.87. The number of aliphatic hydroxyl groups is 1. The lowest BCUT2D eigenvalue weighted by Crippen LogP contribution is -2.01. The van der Waals surface area contributed by atoms with Gasteiger partial charge in [-0.15, -0.1) is 0 Å². The van der Waals surface area contributed by atoms with Crippen LogP contribution < -0.4 is 0 Å². The molecule has 0 saturated carbocycles. The normalized spacial score (nSPS) is 13.6. The van der Waals surface area contributed by atoms with Crippen molar-refractivity contribution in [1.29, 1.82) is 0 Å². The van der Waals surface area contributed by atoms with Gasteiger partial charge in [0.05, 0.1) is 11.8 Å². The summed E-state index contributed by atoms with van der Waals surface area (Å²) in [5.41, 5.74) is 0.781. The van der Waals surface area contributed by atoms with E-state index in [1.807, 2.05) is 19.3 Å². The molecule has 3 nitrogen and oxygen atoms in total. The highest BCUT2D eigenvalue weighted by Crippen LogP contribution is 2.18. The second-order valence-electron chi connectivity index (χ2n) is 3.90. The van der Waals surface area contributed by atoms with Crippen LogP contribution in [0.25, 0.3) is 0 Å². The Hall–Kier alpha value is -0.830. The van der Waals surface area contributed by atoms with Gasteiger partial charge >= 0.3 is 0 Å². The van der Waals surface area contributed by atoms with Crippen molar-refractivity contribution in [3.05, 3.63) is 18.0 Å². The van der Waals surface area contributed by atoms with Gasteiger partial charge in [0.25, 0.3) is 0 Å². The van der Waals surface area contributed by atoms with Crippen LogP contribution in [0.15, 0.2) is 12.3 Å². The molecule has 13 heavy (non-hydrogen) atoms. The van der Waals surface area contributed by atoms with Crippen LogP contribution in [0.4, 0.5) is 0 Å². The highest BCUT2D eigenvalue weighted by Gasteiger charge is 2.10. The van der Waals surface area contributed by atoms with E-state index < -0.39 is 6.10 Å². The van der Waals surface area contributed by atoms with E-state index in [-0.39, 0.29) is 0 Å². The molecule has 0 saturated heterocycles. The summed E-state index contributed by atoms with van der Waals surface area (Å²) in [7, 11) is 1.86. The fourth-order valence-electron chi connectivity index (χ4n) is 1.25. The zero-order chi connectivity index (χ0) is 9.84. The van der Waals surface area contributed by atoms with Crippen LogP contribution in [-0.4, -0.2) is 14.9 Å². The largest absolute Gasteiger partial charge is 0.387 e. The lowest BCUT2D eigenvalue weighted by atomic mass is 10.0. The zero-order valence-electron chi connectivity index (χ0n) is 8.57. The van der Waals surface area contributed by atoms with Crippen molar-refractivity contribution >= 4 is 0 Å². The Labute approximate surface area is 79.4 Å². The Morgan fingerprint density at radius 2 is 2.15 bits per heavy atom. The monoisotopic (exact) mass is 182 g/mol. The third-order valence-corrected chi connectivity index (χ3v) is 2.09. The van der Waals surface area contributed by atoms with Crippen LogP contribution in [-0.2, 0) is 7.05 Å². The van der Waals surface area contributed by atoms with E-state index in [1.54, 1.807) is 4.68 Å². The quantitative estimate of drug-likeness (QED) is 0.772. The van der Waals surface area contributed by atoms with Gasteiger partial charge in [-0.05, 0) is 24.8 Å². The molecule has 0 spiro atoms. The molecule has 1 rings (SSSR count). The van der Waals surface area contributed by atoms with Crippen molar-refractivity contribution in [3.63, 3.8) is 0 Å². The van der Waals surface area contributed by atoms with Crippen molar-refractivity contribution < 1.29 is 5.11 Å². The molecule has 1 N–H and O–H groups in total. The van der Waals surface area contributed by atoms with E-state index >= 15 is 0 Å². The predicted octanol–water partition coefficient (Wildman–Crippen LogP) is 1.89. The first kappa shape index (κ1) is 10.3. The second-order valence-corrected chi connectivity index (χ2v) is 3.90. The van der Waals surface area contributed by atoms with Gasteiger partial charge in [-0.3, -0.25) is 4.68 Å². The van der Waals surface area contributed by atoms with Crippen molar-refractivity contribution in [2.75, 3.05) is 0 Å². The number of nitrogens with zero attached hydrogens (tertiary/aromatic N) is 2. The molecule has 1 aromatic rings. The van der Waals surface area contributed by atoms with E-state index in [0.717, 1.165) is 18.5 Å². The van der Waals surface area contributed by atoms with Gasteiger partial charge in [-0.1, -0.05) is 13.8 Å². The SMILES string of the molecule is CC(C)CCC(O)c1ccn(C)n1. The molecular formula is C10H18N2O. The number of aliphatic hydroxyl groups excluding tert-OH is 1. The molecule has 0 aromatic carbocycles. The molecule has 0 fully saturated rings. The summed E-state index contributed by atoms with van der Waals surface area (Å²) in [6.45, 7) is 4.32. The van der Waals surface area contributed by atoms with Crippen LogP contribution >= 0.6 is 0 Å². The molecule has 0 radical (unpaired) electrons. The van der Waals surface area contributed by atoms with E-state index in [1.165, 1.54) is 0 Å². The smallest absolute Gasteiger partial charge is 0.0978 e. The molecule has 1 heterocycles. The van der Waals surface area contributed by atoms with Gasteiger partial charge in [-0.25, -0.2) is 0 Å². The minimum atomic E-state index is -0.399. The summed E-state index contributed by atoms with van der Waals surface area (Å²) >= 11 is 0. The zero-order valence-corrected chi connectivity index (χ0v) is 8.57. The topological polar surface area (TPSA) is 38.0 Å². The lowest BCUT2D eigenvalue weighted by Gasteiger charge is -2.09. The number of rotatable bonds is 4. The van der Waals surface area contributed by atoms with Crippen molar-refractivity contribution in [3.8, 4) is 0 Å².